The maximum Gasteiger partial charge on any atom is 0.323 e. The second-order valence-electron chi connectivity index (χ2n) is 9.86. The molecule has 1 aliphatic carbocycles. The highest BCUT2D eigenvalue weighted by molar-refractivity contribution is 5.79. The second-order valence-corrected chi connectivity index (χ2v) is 9.86. The zero-order chi connectivity index (χ0) is 23.0. The average molecular weight is 457 g/mol. The number of amides is 1. The van der Waals surface area contributed by atoms with E-state index in [1.54, 1.807) is 0 Å². The highest BCUT2D eigenvalue weighted by Crippen LogP contribution is 2.28. The highest BCUT2D eigenvalue weighted by Gasteiger charge is 2.31. The number of carbonyl (C=O) groups excluding carboxylic acids is 2. The molecule has 0 spiro atoms. The number of benzene rings is 1. The fourth-order valence-electron chi connectivity index (χ4n) is 5.63. The summed E-state index contributed by atoms with van der Waals surface area (Å²) in [6.45, 7) is 5.54. The zero-order valence-electron chi connectivity index (χ0n) is 20.2. The highest BCUT2D eigenvalue weighted by atomic mass is 16.5. The topological polar surface area (TPSA) is 59.1 Å². The van der Waals surface area contributed by atoms with Gasteiger partial charge in [0.05, 0.1) is 6.61 Å². The van der Waals surface area contributed by atoms with E-state index in [1.807, 2.05) is 19.1 Å². The molecule has 1 aromatic rings. The third-order valence-corrected chi connectivity index (χ3v) is 7.47. The first-order valence-corrected chi connectivity index (χ1v) is 13.1. The number of likely N-dealkylation sites (tertiary alicyclic amines) is 2. The van der Waals surface area contributed by atoms with E-state index in [-0.39, 0.29) is 24.0 Å². The number of ether oxygens (including phenoxy) is 2. The van der Waals surface area contributed by atoms with Crippen molar-refractivity contribution in [3.05, 3.63) is 29.8 Å². The molecular formula is C27H40N2O4. The lowest BCUT2D eigenvalue weighted by Gasteiger charge is -2.35. The minimum Gasteiger partial charge on any atom is -0.490 e. The van der Waals surface area contributed by atoms with Gasteiger partial charge in [-0.15, -0.1) is 0 Å². The summed E-state index contributed by atoms with van der Waals surface area (Å²) in [5.74, 6) is 1.40. The summed E-state index contributed by atoms with van der Waals surface area (Å²) in [7, 11) is 0. The molecule has 0 radical (unpaired) electrons. The van der Waals surface area contributed by atoms with Crippen molar-refractivity contribution in [1.82, 2.24) is 9.80 Å². The Balaban J connectivity index is 1.28. The van der Waals surface area contributed by atoms with E-state index in [9.17, 15) is 9.59 Å². The first-order valence-electron chi connectivity index (χ1n) is 13.1. The van der Waals surface area contributed by atoms with Crippen molar-refractivity contribution >= 4 is 11.9 Å². The van der Waals surface area contributed by atoms with Gasteiger partial charge in [0.25, 0.3) is 0 Å². The SMILES string of the molecule is CCOC(=O)C1CCCCN1Cc1cccc(OC2CCN(C(=O)C3CCCCC3)CC2)c1. The Hall–Kier alpha value is -2.08. The van der Waals surface area contributed by atoms with Crippen LogP contribution >= 0.6 is 0 Å². The third-order valence-electron chi connectivity index (χ3n) is 7.47. The maximum absolute atomic E-state index is 12.8. The van der Waals surface area contributed by atoms with Crippen LogP contribution in [0.2, 0.25) is 0 Å². The molecule has 0 bridgehead atoms. The second kappa shape index (κ2) is 11.9. The largest absolute Gasteiger partial charge is 0.490 e. The number of hydrogen-bond acceptors (Lipinski definition) is 5. The molecule has 3 fully saturated rings. The maximum atomic E-state index is 12.8. The van der Waals surface area contributed by atoms with Crippen molar-refractivity contribution in [2.24, 2.45) is 5.92 Å². The van der Waals surface area contributed by atoms with Crippen LogP contribution in [0.5, 0.6) is 5.75 Å². The van der Waals surface area contributed by atoms with E-state index in [1.165, 1.54) is 19.3 Å². The molecule has 6 heteroatoms. The molecule has 33 heavy (non-hydrogen) atoms. The van der Waals surface area contributed by atoms with E-state index in [4.69, 9.17) is 9.47 Å². The molecule has 1 amide bonds. The molecule has 182 valence electrons. The number of carbonyl (C=O) groups is 2. The van der Waals surface area contributed by atoms with Gasteiger partial charge in [0.15, 0.2) is 0 Å². The zero-order valence-corrected chi connectivity index (χ0v) is 20.2. The first-order chi connectivity index (χ1) is 16.1. The number of nitrogens with zero attached hydrogens (tertiary/aromatic N) is 2. The van der Waals surface area contributed by atoms with Gasteiger partial charge >= 0.3 is 5.97 Å². The van der Waals surface area contributed by atoms with Gasteiger partial charge in [0.1, 0.15) is 17.9 Å². The molecule has 2 saturated heterocycles. The lowest BCUT2D eigenvalue weighted by atomic mass is 9.88. The lowest BCUT2D eigenvalue weighted by Crippen LogP contribution is -2.45. The quantitative estimate of drug-likeness (QED) is 0.563. The molecule has 2 heterocycles. The van der Waals surface area contributed by atoms with Gasteiger partial charge in [-0.2, -0.15) is 0 Å². The Kier molecular flexibility index (Phi) is 8.65. The van der Waals surface area contributed by atoms with Crippen LogP contribution < -0.4 is 4.74 Å². The van der Waals surface area contributed by atoms with Crippen LogP contribution in [0.1, 0.15) is 76.7 Å². The monoisotopic (exact) mass is 456 g/mol. The summed E-state index contributed by atoms with van der Waals surface area (Å²) < 4.78 is 11.6. The smallest absolute Gasteiger partial charge is 0.323 e. The Morgan fingerprint density at radius 1 is 0.939 bits per heavy atom. The predicted molar refractivity (Wildman–Crippen MR) is 128 cm³/mol. The van der Waals surface area contributed by atoms with Gasteiger partial charge in [-0.05, 0) is 56.8 Å². The van der Waals surface area contributed by atoms with Crippen LogP contribution in [-0.2, 0) is 20.9 Å². The molecule has 1 atom stereocenters. The summed E-state index contributed by atoms with van der Waals surface area (Å²) in [5.41, 5.74) is 1.16. The fourth-order valence-corrected chi connectivity index (χ4v) is 5.63. The van der Waals surface area contributed by atoms with Gasteiger partial charge in [0.2, 0.25) is 5.91 Å². The van der Waals surface area contributed by atoms with Gasteiger partial charge < -0.3 is 14.4 Å². The van der Waals surface area contributed by atoms with Crippen molar-refractivity contribution in [3.63, 3.8) is 0 Å². The molecule has 3 aliphatic rings. The number of esters is 1. The lowest BCUT2D eigenvalue weighted by molar-refractivity contribution is -0.151. The van der Waals surface area contributed by atoms with Gasteiger partial charge in [-0.25, -0.2) is 0 Å². The summed E-state index contributed by atoms with van der Waals surface area (Å²) in [5, 5.41) is 0. The molecule has 1 saturated carbocycles. The number of rotatable bonds is 7. The average Bonchev–Trinajstić information content (AvgIpc) is 2.85. The van der Waals surface area contributed by atoms with Crippen LogP contribution in [0.25, 0.3) is 0 Å². The van der Waals surface area contributed by atoms with Gasteiger partial charge in [-0.3, -0.25) is 14.5 Å². The van der Waals surface area contributed by atoms with E-state index in [2.05, 4.69) is 21.9 Å². The molecule has 6 nitrogen and oxygen atoms in total. The molecular weight excluding hydrogens is 416 g/mol. The number of hydrogen-bond donors (Lipinski definition) is 0. The van der Waals surface area contributed by atoms with Crippen molar-refractivity contribution in [3.8, 4) is 5.75 Å². The van der Waals surface area contributed by atoms with Gasteiger partial charge in [0, 0.05) is 38.4 Å². The Labute approximate surface area is 198 Å². The molecule has 1 unspecified atom stereocenters. The minimum atomic E-state index is -0.144. The van der Waals surface area contributed by atoms with Crippen LogP contribution in [-0.4, -0.2) is 60.1 Å². The van der Waals surface area contributed by atoms with Crippen LogP contribution in [0, 0.1) is 5.92 Å². The van der Waals surface area contributed by atoms with E-state index < -0.39 is 0 Å². The summed E-state index contributed by atoms with van der Waals surface area (Å²) in [4.78, 5) is 29.5. The predicted octanol–water partition coefficient (Wildman–Crippen LogP) is 4.55. The Morgan fingerprint density at radius 2 is 1.70 bits per heavy atom. The van der Waals surface area contributed by atoms with Gasteiger partial charge in [-0.1, -0.05) is 37.8 Å². The fraction of sp³-hybridized carbons (Fsp3) is 0.704. The molecule has 0 N–H and O–H groups in total. The van der Waals surface area contributed by atoms with Crippen LogP contribution in [0.4, 0.5) is 0 Å². The molecule has 1 aromatic carbocycles. The van der Waals surface area contributed by atoms with E-state index in [0.717, 1.165) is 82.4 Å². The van der Waals surface area contributed by atoms with Crippen molar-refractivity contribution < 1.29 is 19.1 Å². The summed E-state index contributed by atoms with van der Waals surface area (Å²) in [6.07, 6.45) is 10.8. The molecule has 4 rings (SSSR count). The summed E-state index contributed by atoms with van der Waals surface area (Å²) in [6, 6.07) is 8.12. The van der Waals surface area contributed by atoms with E-state index in [0.29, 0.717) is 12.5 Å². The molecule has 2 aliphatic heterocycles. The molecule has 0 aromatic heterocycles. The van der Waals surface area contributed by atoms with E-state index >= 15 is 0 Å². The third kappa shape index (κ3) is 6.50. The van der Waals surface area contributed by atoms with Crippen LogP contribution in [0.3, 0.4) is 0 Å². The minimum absolute atomic E-state index is 0.0980. The number of piperidine rings is 2. The van der Waals surface area contributed by atoms with Crippen molar-refractivity contribution in [2.45, 2.75) is 89.8 Å². The normalized spacial score (nSPS) is 23.3. The first kappa shape index (κ1) is 24.1. The Morgan fingerprint density at radius 3 is 2.45 bits per heavy atom. The Bertz CT molecular complexity index is 784. The standard InChI is InChI=1S/C27H40N2O4/c1-2-32-27(31)25-13-6-7-16-29(25)20-21-9-8-12-24(19-21)33-23-14-17-28(18-15-23)26(30)22-10-4-3-5-11-22/h8-9,12,19,22-23,25H,2-7,10-11,13-18,20H2,1H3. The van der Waals surface area contributed by atoms with Crippen molar-refractivity contribution in [1.29, 1.82) is 0 Å². The van der Waals surface area contributed by atoms with Crippen molar-refractivity contribution in [2.75, 3.05) is 26.2 Å². The summed E-state index contributed by atoms with van der Waals surface area (Å²) >= 11 is 0. The van der Waals surface area contributed by atoms with Crippen LogP contribution in [0.15, 0.2) is 24.3 Å².